The summed E-state index contributed by atoms with van der Waals surface area (Å²) in [6.07, 6.45) is -5.51. The molecule has 0 saturated heterocycles. The SMILES string of the molecule is CON(C)C(=O)C(C)(C)CC(F)(F)F. The molecule has 0 bridgehead atoms. The number of halogens is 3. The van der Waals surface area contributed by atoms with E-state index in [0.717, 1.165) is 5.06 Å². The molecule has 6 heteroatoms. The molecule has 0 atom stereocenters. The zero-order chi connectivity index (χ0) is 11.6. The van der Waals surface area contributed by atoms with Gasteiger partial charge in [-0.2, -0.15) is 13.2 Å². The molecule has 0 aliphatic carbocycles. The third-order valence-electron chi connectivity index (χ3n) is 1.78. The molecule has 0 aromatic heterocycles. The first-order valence-electron chi connectivity index (χ1n) is 3.99. The van der Waals surface area contributed by atoms with Crippen molar-refractivity contribution >= 4 is 5.91 Å². The smallest absolute Gasteiger partial charge is 0.275 e. The molecule has 0 saturated carbocycles. The number of alkyl halides is 3. The largest absolute Gasteiger partial charge is 0.390 e. The van der Waals surface area contributed by atoms with E-state index in [9.17, 15) is 18.0 Å². The van der Waals surface area contributed by atoms with Gasteiger partial charge in [-0.05, 0) is 0 Å². The maximum absolute atomic E-state index is 12.1. The van der Waals surface area contributed by atoms with Gasteiger partial charge in [-0.3, -0.25) is 9.63 Å². The average molecular weight is 213 g/mol. The van der Waals surface area contributed by atoms with Crippen molar-refractivity contribution in [2.45, 2.75) is 26.4 Å². The third-order valence-corrected chi connectivity index (χ3v) is 1.78. The highest BCUT2D eigenvalue weighted by molar-refractivity contribution is 5.80. The maximum Gasteiger partial charge on any atom is 0.390 e. The Morgan fingerprint density at radius 2 is 1.79 bits per heavy atom. The predicted molar refractivity (Wildman–Crippen MR) is 44.2 cm³/mol. The lowest BCUT2D eigenvalue weighted by atomic mass is 9.88. The molecule has 1 amide bonds. The minimum atomic E-state index is -4.35. The lowest BCUT2D eigenvalue weighted by molar-refractivity contribution is -0.194. The summed E-state index contributed by atoms with van der Waals surface area (Å²) >= 11 is 0. The van der Waals surface area contributed by atoms with Crippen molar-refractivity contribution in [2.75, 3.05) is 14.2 Å². The van der Waals surface area contributed by atoms with Crippen molar-refractivity contribution < 1.29 is 22.8 Å². The van der Waals surface area contributed by atoms with E-state index in [0.29, 0.717) is 0 Å². The Kier molecular flexibility index (Phi) is 3.93. The first-order valence-corrected chi connectivity index (χ1v) is 3.99. The number of hydrogen-bond acceptors (Lipinski definition) is 2. The van der Waals surface area contributed by atoms with E-state index < -0.39 is 23.9 Å². The molecule has 0 N–H and O–H groups in total. The van der Waals surface area contributed by atoms with Gasteiger partial charge in [-0.1, -0.05) is 13.8 Å². The summed E-state index contributed by atoms with van der Waals surface area (Å²) in [6.45, 7) is 2.47. The lowest BCUT2D eigenvalue weighted by Crippen LogP contribution is -2.40. The summed E-state index contributed by atoms with van der Waals surface area (Å²) in [4.78, 5) is 15.9. The van der Waals surface area contributed by atoms with Crippen LogP contribution in [-0.2, 0) is 9.63 Å². The Morgan fingerprint density at radius 3 is 2.07 bits per heavy atom. The molecule has 0 aromatic rings. The monoisotopic (exact) mass is 213 g/mol. The van der Waals surface area contributed by atoms with Gasteiger partial charge in [0.05, 0.1) is 18.9 Å². The first kappa shape index (κ1) is 13.2. The van der Waals surface area contributed by atoms with Crippen LogP contribution in [0, 0.1) is 5.41 Å². The fraction of sp³-hybridized carbons (Fsp3) is 0.875. The summed E-state index contributed by atoms with van der Waals surface area (Å²) in [5.74, 6) is -0.697. The Morgan fingerprint density at radius 1 is 1.36 bits per heavy atom. The standard InChI is InChI=1S/C8H14F3NO2/c1-7(2,5-8(9,10)11)6(13)12(3)14-4/h5H2,1-4H3. The van der Waals surface area contributed by atoms with Crippen molar-refractivity contribution in [3.8, 4) is 0 Å². The highest BCUT2D eigenvalue weighted by atomic mass is 19.4. The second-order valence-corrected chi connectivity index (χ2v) is 3.66. The number of hydrogen-bond donors (Lipinski definition) is 0. The predicted octanol–water partition coefficient (Wildman–Crippen LogP) is 1.98. The molecule has 84 valence electrons. The summed E-state index contributed by atoms with van der Waals surface area (Å²) in [7, 11) is 2.50. The number of carbonyl (C=O) groups excluding carboxylic acids is 1. The van der Waals surface area contributed by atoms with E-state index >= 15 is 0 Å². The van der Waals surface area contributed by atoms with Crippen LogP contribution in [0.5, 0.6) is 0 Å². The molecule has 0 aliphatic heterocycles. The van der Waals surface area contributed by atoms with Crippen LogP contribution in [0.3, 0.4) is 0 Å². The lowest BCUT2D eigenvalue weighted by Gasteiger charge is -2.28. The molecule has 0 fully saturated rings. The van der Waals surface area contributed by atoms with Gasteiger partial charge in [0.15, 0.2) is 0 Å². The molecule has 0 aromatic carbocycles. The number of amides is 1. The number of rotatable bonds is 3. The van der Waals surface area contributed by atoms with Crippen molar-refractivity contribution in [3.05, 3.63) is 0 Å². The summed E-state index contributed by atoms with van der Waals surface area (Å²) in [5.41, 5.74) is -1.50. The van der Waals surface area contributed by atoms with Crippen LogP contribution in [-0.4, -0.2) is 31.3 Å². The molecule has 0 rings (SSSR count). The molecule has 0 spiro atoms. The summed E-state index contributed by atoms with van der Waals surface area (Å²) in [6, 6.07) is 0. The van der Waals surface area contributed by atoms with Crippen LogP contribution in [0.15, 0.2) is 0 Å². The molecule has 0 radical (unpaired) electrons. The van der Waals surface area contributed by atoms with Crippen molar-refractivity contribution in [1.82, 2.24) is 5.06 Å². The highest BCUT2D eigenvalue weighted by Gasteiger charge is 2.42. The second-order valence-electron chi connectivity index (χ2n) is 3.66. The average Bonchev–Trinajstić information content (AvgIpc) is 1.97. The first-order chi connectivity index (χ1) is 6.10. The van der Waals surface area contributed by atoms with Crippen molar-refractivity contribution in [3.63, 3.8) is 0 Å². The van der Waals surface area contributed by atoms with Gasteiger partial charge >= 0.3 is 6.18 Å². The van der Waals surface area contributed by atoms with E-state index in [4.69, 9.17) is 0 Å². The van der Waals surface area contributed by atoms with Crippen molar-refractivity contribution in [2.24, 2.45) is 5.41 Å². The zero-order valence-corrected chi connectivity index (χ0v) is 8.60. The molecule has 14 heavy (non-hydrogen) atoms. The minimum absolute atomic E-state index is 0.697. The van der Waals surface area contributed by atoms with Crippen LogP contribution in [0.1, 0.15) is 20.3 Å². The van der Waals surface area contributed by atoms with Crippen LogP contribution in [0.4, 0.5) is 13.2 Å². The molecular weight excluding hydrogens is 199 g/mol. The highest BCUT2D eigenvalue weighted by Crippen LogP contribution is 2.34. The minimum Gasteiger partial charge on any atom is -0.275 e. The van der Waals surface area contributed by atoms with Gasteiger partial charge in [-0.15, -0.1) is 0 Å². The Labute approximate surface area is 80.8 Å². The van der Waals surface area contributed by atoms with E-state index in [2.05, 4.69) is 4.84 Å². The zero-order valence-electron chi connectivity index (χ0n) is 8.60. The molecule has 0 heterocycles. The fourth-order valence-corrected chi connectivity index (χ4v) is 1.09. The Hall–Kier alpha value is -0.780. The van der Waals surface area contributed by atoms with Crippen LogP contribution >= 0.6 is 0 Å². The molecule has 3 nitrogen and oxygen atoms in total. The summed E-state index contributed by atoms with van der Waals surface area (Å²) in [5, 5.41) is 0.797. The second kappa shape index (κ2) is 4.16. The summed E-state index contributed by atoms with van der Waals surface area (Å²) < 4.78 is 36.2. The van der Waals surface area contributed by atoms with Gasteiger partial charge in [0.2, 0.25) is 0 Å². The van der Waals surface area contributed by atoms with Gasteiger partial charge in [0, 0.05) is 7.05 Å². The van der Waals surface area contributed by atoms with Crippen LogP contribution in [0.25, 0.3) is 0 Å². The Bertz CT molecular complexity index is 213. The van der Waals surface area contributed by atoms with Gasteiger partial charge in [0.25, 0.3) is 5.91 Å². The van der Waals surface area contributed by atoms with Gasteiger partial charge in [-0.25, -0.2) is 5.06 Å². The quantitative estimate of drug-likeness (QED) is 0.671. The van der Waals surface area contributed by atoms with Crippen molar-refractivity contribution in [1.29, 1.82) is 0 Å². The topological polar surface area (TPSA) is 29.5 Å². The fourth-order valence-electron chi connectivity index (χ4n) is 1.09. The third kappa shape index (κ3) is 3.95. The van der Waals surface area contributed by atoms with Gasteiger partial charge in [0.1, 0.15) is 0 Å². The van der Waals surface area contributed by atoms with E-state index in [1.807, 2.05) is 0 Å². The number of hydroxylamine groups is 2. The van der Waals surface area contributed by atoms with Crippen LogP contribution < -0.4 is 0 Å². The normalized spacial score (nSPS) is 12.8. The number of nitrogens with zero attached hydrogens (tertiary/aromatic N) is 1. The van der Waals surface area contributed by atoms with E-state index in [1.54, 1.807) is 0 Å². The molecular formula is C8H14F3NO2. The van der Waals surface area contributed by atoms with E-state index in [-0.39, 0.29) is 0 Å². The molecule has 0 aliphatic rings. The van der Waals surface area contributed by atoms with Gasteiger partial charge < -0.3 is 0 Å². The van der Waals surface area contributed by atoms with Crippen LogP contribution in [0.2, 0.25) is 0 Å². The number of carbonyl (C=O) groups is 1. The molecule has 0 unspecified atom stereocenters. The Balaban J connectivity index is 4.54. The maximum atomic E-state index is 12.1. The van der Waals surface area contributed by atoms with E-state index in [1.165, 1.54) is 28.0 Å².